The van der Waals surface area contributed by atoms with Crippen molar-refractivity contribution in [1.29, 1.82) is 0 Å². The molecule has 2 rings (SSSR count). The van der Waals surface area contributed by atoms with Crippen LogP contribution in [0.2, 0.25) is 0 Å². The minimum atomic E-state index is -0.237. The highest BCUT2D eigenvalue weighted by Gasteiger charge is 2.31. The van der Waals surface area contributed by atoms with Crippen molar-refractivity contribution >= 4 is 0 Å². The molecule has 0 bridgehead atoms. The van der Waals surface area contributed by atoms with Gasteiger partial charge in [0.25, 0.3) is 0 Å². The molecule has 1 aliphatic rings. The van der Waals surface area contributed by atoms with Gasteiger partial charge in [0.1, 0.15) is 11.6 Å². The highest BCUT2D eigenvalue weighted by Crippen LogP contribution is 2.25. The molecule has 4 heteroatoms. The summed E-state index contributed by atoms with van der Waals surface area (Å²) < 4.78 is 18.3. The fourth-order valence-corrected chi connectivity index (χ4v) is 2.55. The van der Waals surface area contributed by atoms with E-state index >= 15 is 0 Å². The van der Waals surface area contributed by atoms with Gasteiger partial charge < -0.3 is 15.8 Å². The number of rotatable bonds is 5. The molecule has 1 aliphatic heterocycles. The normalized spacial score (nSPS) is 27.2. The molecule has 0 radical (unpaired) electrons. The predicted molar refractivity (Wildman–Crippen MR) is 74.7 cm³/mol. The van der Waals surface area contributed by atoms with Crippen molar-refractivity contribution in [3.05, 3.63) is 30.1 Å². The lowest BCUT2D eigenvalue weighted by Gasteiger charge is -2.39. The predicted octanol–water partition coefficient (Wildman–Crippen LogP) is 2.31. The molecule has 1 fully saturated rings. The summed E-state index contributed by atoms with van der Waals surface area (Å²) in [5, 5.41) is 3.39. The second-order valence-electron chi connectivity index (χ2n) is 5.60. The second kappa shape index (κ2) is 6.35. The molecule has 3 nitrogen and oxygen atoms in total. The minimum Gasteiger partial charge on any atom is -0.494 e. The average molecular weight is 266 g/mol. The van der Waals surface area contributed by atoms with Crippen molar-refractivity contribution in [2.45, 2.75) is 31.7 Å². The smallest absolute Gasteiger partial charge is 0.123 e. The summed E-state index contributed by atoms with van der Waals surface area (Å²) in [5.74, 6) is 0.983. The number of nitrogens with two attached hydrogens (primary N) is 1. The molecular weight excluding hydrogens is 243 g/mol. The molecular formula is C15H23FN2O. The molecule has 1 heterocycles. The molecule has 2 unspecified atom stereocenters. The van der Waals surface area contributed by atoms with Crippen LogP contribution in [0, 0.1) is 11.7 Å². The first kappa shape index (κ1) is 14.3. The first-order valence-electron chi connectivity index (χ1n) is 6.96. The summed E-state index contributed by atoms with van der Waals surface area (Å²) in [6.07, 6.45) is 3.05. The zero-order valence-corrected chi connectivity index (χ0v) is 11.5. The van der Waals surface area contributed by atoms with Crippen LogP contribution in [0.4, 0.5) is 4.39 Å². The van der Waals surface area contributed by atoms with Crippen LogP contribution in [0.25, 0.3) is 0 Å². The Morgan fingerprint density at radius 2 is 2.16 bits per heavy atom. The molecule has 0 spiro atoms. The number of nitrogens with one attached hydrogen (secondary N) is 1. The summed E-state index contributed by atoms with van der Waals surface area (Å²) in [4.78, 5) is 0. The van der Waals surface area contributed by atoms with Crippen LogP contribution in [0.1, 0.15) is 26.2 Å². The maximum absolute atomic E-state index is 12.7. The lowest BCUT2D eigenvalue weighted by Crippen LogP contribution is -2.54. The average Bonchev–Trinajstić information content (AvgIpc) is 2.38. The first-order valence-corrected chi connectivity index (χ1v) is 6.96. The summed E-state index contributed by atoms with van der Waals surface area (Å²) in [6, 6.07) is 6.14. The van der Waals surface area contributed by atoms with Crippen LogP contribution in [0.3, 0.4) is 0 Å². The highest BCUT2D eigenvalue weighted by molar-refractivity contribution is 5.21. The van der Waals surface area contributed by atoms with Crippen molar-refractivity contribution in [3.63, 3.8) is 0 Å². The summed E-state index contributed by atoms with van der Waals surface area (Å²) in [7, 11) is 0. The molecule has 0 aliphatic carbocycles. The van der Waals surface area contributed by atoms with E-state index in [1.54, 1.807) is 12.1 Å². The number of benzene rings is 1. The van der Waals surface area contributed by atoms with Gasteiger partial charge in [-0.25, -0.2) is 4.39 Å². The van der Waals surface area contributed by atoms with Crippen LogP contribution >= 0.6 is 0 Å². The van der Waals surface area contributed by atoms with Crippen LogP contribution < -0.4 is 15.8 Å². The maximum atomic E-state index is 12.7. The van der Waals surface area contributed by atoms with Gasteiger partial charge in [0, 0.05) is 5.54 Å². The second-order valence-corrected chi connectivity index (χ2v) is 5.60. The molecule has 1 aromatic carbocycles. The zero-order valence-electron chi connectivity index (χ0n) is 11.5. The Balaban J connectivity index is 1.70. The van der Waals surface area contributed by atoms with Gasteiger partial charge in [0.15, 0.2) is 0 Å². The van der Waals surface area contributed by atoms with Crippen molar-refractivity contribution in [2.24, 2.45) is 11.7 Å². The van der Waals surface area contributed by atoms with E-state index in [-0.39, 0.29) is 11.4 Å². The third-order valence-corrected chi connectivity index (χ3v) is 3.94. The SMILES string of the molecule is CC1(N)CCNCC1CCCOc1ccc(F)cc1. The maximum Gasteiger partial charge on any atom is 0.123 e. The van der Waals surface area contributed by atoms with E-state index < -0.39 is 0 Å². The lowest BCUT2D eigenvalue weighted by molar-refractivity contribution is 0.195. The monoisotopic (exact) mass is 266 g/mol. The molecule has 0 aromatic heterocycles. The first-order chi connectivity index (χ1) is 9.08. The zero-order chi connectivity index (χ0) is 13.7. The van der Waals surface area contributed by atoms with Gasteiger partial charge in [-0.2, -0.15) is 0 Å². The molecule has 106 valence electrons. The van der Waals surface area contributed by atoms with Crippen LogP contribution in [0.15, 0.2) is 24.3 Å². The lowest BCUT2D eigenvalue weighted by atomic mass is 9.78. The van der Waals surface area contributed by atoms with Gasteiger partial charge in [-0.1, -0.05) is 0 Å². The summed E-state index contributed by atoms with van der Waals surface area (Å²) in [5.41, 5.74) is 6.24. The number of hydrogen-bond acceptors (Lipinski definition) is 3. The van der Waals surface area contributed by atoms with Gasteiger partial charge in [-0.05, 0) is 69.5 Å². The van der Waals surface area contributed by atoms with Gasteiger partial charge in [0.05, 0.1) is 6.61 Å². The number of ether oxygens (including phenoxy) is 1. The molecule has 1 saturated heterocycles. The van der Waals surface area contributed by atoms with Crippen LogP contribution in [0.5, 0.6) is 5.75 Å². The molecule has 19 heavy (non-hydrogen) atoms. The van der Waals surface area contributed by atoms with Crippen LogP contribution in [-0.4, -0.2) is 25.2 Å². The van der Waals surface area contributed by atoms with Gasteiger partial charge >= 0.3 is 0 Å². The van der Waals surface area contributed by atoms with Gasteiger partial charge in [-0.3, -0.25) is 0 Å². The van der Waals surface area contributed by atoms with Crippen LogP contribution in [-0.2, 0) is 0 Å². The van der Waals surface area contributed by atoms with E-state index in [0.717, 1.165) is 38.1 Å². The Kier molecular flexibility index (Phi) is 4.77. The standard InChI is InChI=1S/C15H23FN2O/c1-15(17)8-9-18-11-12(15)3-2-10-19-14-6-4-13(16)5-7-14/h4-7,12,18H,2-3,8-11,17H2,1H3. The highest BCUT2D eigenvalue weighted by atomic mass is 19.1. The van der Waals surface area contributed by atoms with E-state index in [0.29, 0.717) is 12.5 Å². The topological polar surface area (TPSA) is 47.3 Å². The Labute approximate surface area is 114 Å². The molecule has 0 amide bonds. The van der Waals surface area contributed by atoms with Gasteiger partial charge in [0.2, 0.25) is 0 Å². The number of hydrogen-bond donors (Lipinski definition) is 2. The number of piperidine rings is 1. The summed E-state index contributed by atoms with van der Waals surface area (Å²) >= 11 is 0. The third kappa shape index (κ3) is 4.18. The molecule has 2 atom stereocenters. The van der Waals surface area contributed by atoms with E-state index in [1.165, 1.54) is 12.1 Å². The fraction of sp³-hybridized carbons (Fsp3) is 0.600. The largest absolute Gasteiger partial charge is 0.494 e. The van der Waals surface area contributed by atoms with Crippen molar-refractivity contribution in [3.8, 4) is 5.75 Å². The Hall–Kier alpha value is -1.13. The molecule has 3 N–H and O–H groups in total. The third-order valence-electron chi connectivity index (χ3n) is 3.94. The number of halogens is 1. The van der Waals surface area contributed by atoms with E-state index in [2.05, 4.69) is 12.2 Å². The van der Waals surface area contributed by atoms with E-state index in [1.807, 2.05) is 0 Å². The molecule has 0 saturated carbocycles. The Morgan fingerprint density at radius 3 is 2.84 bits per heavy atom. The van der Waals surface area contributed by atoms with Gasteiger partial charge in [-0.15, -0.1) is 0 Å². The van der Waals surface area contributed by atoms with E-state index in [4.69, 9.17) is 10.5 Å². The molecule has 1 aromatic rings. The summed E-state index contributed by atoms with van der Waals surface area (Å²) in [6.45, 7) is 4.79. The minimum absolute atomic E-state index is 0.0683. The van der Waals surface area contributed by atoms with E-state index in [9.17, 15) is 4.39 Å². The Bertz CT molecular complexity index is 392. The Morgan fingerprint density at radius 1 is 1.42 bits per heavy atom. The van der Waals surface area contributed by atoms with Crippen molar-refractivity contribution < 1.29 is 9.13 Å². The van der Waals surface area contributed by atoms with Crippen molar-refractivity contribution in [1.82, 2.24) is 5.32 Å². The van der Waals surface area contributed by atoms with Crippen molar-refractivity contribution in [2.75, 3.05) is 19.7 Å². The fourth-order valence-electron chi connectivity index (χ4n) is 2.55. The quantitative estimate of drug-likeness (QED) is 0.804.